The SMILES string of the molecule is CCC(C)(Pc1ccc(F)cc1C=NC)c1cc(OC)cc(OC)c1OCc1ccccc1. The summed E-state index contributed by atoms with van der Waals surface area (Å²) in [6.45, 7) is 4.77. The van der Waals surface area contributed by atoms with E-state index >= 15 is 0 Å². The second kappa shape index (κ2) is 11.3. The van der Waals surface area contributed by atoms with Crippen molar-refractivity contribution < 1.29 is 18.6 Å². The van der Waals surface area contributed by atoms with E-state index in [4.69, 9.17) is 14.2 Å². The molecule has 33 heavy (non-hydrogen) atoms. The summed E-state index contributed by atoms with van der Waals surface area (Å²) < 4.78 is 31.6. The molecule has 0 radical (unpaired) electrons. The van der Waals surface area contributed by atoms with Gasteiger partial charge in [0.05, 0.1) is 14.2 Å². The Bertz CT molecular complexity index is 1100. The Morgan fingerprint density at radius 1 is 1.03 bits per heavy atom. The molecule has 0 aromatic heterocycles. The van der Waals surface area contributed by atoms with Crippen molar-refractivity contribution in [2.75, 3.05) is 21.3 Å². The maximum Gasteiger partial charge on any atom is 0.166 e. The van der Waals surface area contributed by atoms with Gasteiger partial charge in [0.25, 0.3) is 0 Å². The average Bonchev–Trinajstić information content (AvgIpc) is 2.84. The van der Waals surface area contributed by atoms with Crippen LogP contribution in [0, 0.1) is 5.82 Å². The predicted molar refractivity (Wildman–Crippen MR) is 136 cm³/mol. The summed E-state index contributed by atoms with van der Waals surface area (Å²) >= 11 is 0. The number of hydrogen-bond donors (Lipinski definition) is 0. The Hall–Kier alpha value is -2.91. The molecule has 0 aliphatic heterocycles. The lowest BCUT2D eigenvalue weighted by molar-refractivity contribution is 0.277. The quantitative estimate of drug-likeness (QED) is 0.267. The van der Waals surface area contributed by atoms with E-state index in [2.05, 4.69) is 18.8 Å². The molecule has 3 rings (SSSR count). The van der Waals surface area contributed by atoms with Crippen molar-refractivity contribution in [3.05, 3.63) is 83.2 Å². The minimum atomic E-state index is -0.304. The van der Waals surface area contributed by atoms with Crippen LogP contribution in [-0.4, -0.2) is 27.5 Å². The van der Waals surface area contributed by atoms with E-state index < -0.39 is 0 Å². The van der Waals surface area contributed by atoms with Crippen LogP contribution in [0.1, 0.15) is 37.0 Å². The zero-order valence-corrected chi connectivity index (χ0v) is 20.8. The largest absolute Gasteiger partial charge is 0.497 e. The number of rotatable bonds is 10. The first-order valence-corrected chi connectivity index (χ1v) is 11.9. The third-order valence-corrected chi connectivity index (χ3v) is 7.60. The standard InChI is InChI=1S/C27H31FNO3P/c1-6-27(2,33-25-13-12-21(28)14-20(25)17-29-3)23-15-22(30-4)16-24(31-5)26(23)32-18-19-10-8-7-9-11-19/h7-17,33H,6,18H2,1-5H3. The molecule has 4 nitrogen and oxygen atoms in total. The Kier molecular flexibility index (Phi) is 8.46. The average molecular weight is 468 g/mol. The fourth-order valence-electron chi connectivity index (χ4n) is 3.67. The zero-order valence-electron chi connectivity index (χ0n) is 19.8. The molecule has 6 heteroatoms. The second-order valence-electron chi connectivity index (χ2n) is 7.91. The summed E-state index contributed by atoms with van der Waals surface area (Å²) in [5.41, 5.74) is 2.86. The first-order chi connectivity index (χ1) is 15.9. The van der Waals surface area contributed by atoms with E-state index in [-0.39, 0.29) is 11.0 Å². The monoisotopic (exact) mass is 467 g/mol. The molecule has 0 aliphatic carbocycles. The number of aliphatic imine (C=N–C) groups is 1. The number of ether oxygens (including phenoxy) is 3. The Morgan fingerprint density at radius 2 is 1.79 bits per heavy atom. The molecular formula is C27H31FNO3P. The van der Waals surface area contributed by atoms with Crippen LogP contribution in [0.5, 0.6) is 17.2 Å². The van der Waals surface area contributed by atoms with Gasteiger partial charge in [0, 0.05) is 35.6 Å². The lowest BCUT2D eigenvalue weighted by Crippen LogP contribution is -2.21. The van der Waals surface area contributed by atoms with Crippen molar-refractivity contribution >= 4 is 20.1 Å². The fraction of sp³-hybridized carbons (Fsp3) is 0.296. The topological polar surface area (TPSA) is 40.0 Å². The van der Waals surface area contributed by atoms with E-state index in [0.717, 1.165) is 28.4 Å². The van der Waals surface area contributed by atoms with Gasteiger partial charge in [0.2, 0.25) is 0 Å². The van der Waals surface area contributed by atoms with Crippen molar-refractivity contribution in [2.24, 2.45) is 4.99 Å². The third-order valence-electron chi connectivity index (χ3n) is 5.70. The maximum atomic E-state index is 13.9. The fourth-order valence-corrected chi connectivity index (χ4v) is 5.21. The summed E-state index contributed by atoms with van der Waals surface area (Å²) in [7, 11) is 5.32. The number of methoxy groups -OCH3 is 2. The van der Waals surface area contributed by atoms with E-state index in [1.54, 1.807) is 27.5 Å². The van der Waals surface area contributed by atoms with Crippen LogP contribution in [0.2, 0.25) is 0 Å². The number of halogens is 1. The number of hydrogen-bond acceptors (Lipinski definition) is 4. The van der Waals surface area contributed by atoms with E-state index in [1.807, 2.05) is 48.5 Å². The van der Waals surface area contributed by atoms with E-state index in [9.17, 15) is 4.39 Å². The molecule has 0 heterocycles. The van der Waals surface area contributed by atoms with Gasteiger partial charge in [-0.05, 0) is 35.5 Å². The molecule has 0 fully saturated rings. The highest BCUT2D eigenvalue weighted by atomic mass is 31.1. The molecule has 3 aromatic rings. The summed E-state index contributed by atoms with van der Waals surface area (Å²) in [5, 5.41) is 0.740. The number of nitrogens with zero attached hydrogens (tertiary/aromatic N) is 1. The van der Waals surface area contributed by atoms with Gasteiger partial charge in [-0.2, -0.15) is 0 Å². The van der Waals surface area contributed by atoms with Gasteiger partial charge >= 0.3 is 0 Å². The van der Waals surface area contributed by atoms with Gasteiger partial charge < -0.3 is 14.2 Å². The van der Waals surface area contributed by atoms with Gasteiger partial charge in [0.15, 0.2) is 11.5 Å². The highest BCUT2D eigenvalue weighted by Gasteiger charge is 2.32. The van der Waals surface area contributed by atoms with Crippen LogP contribution in [0.25, 0.3) is 0 Å². The van der Waals surface area contributed by atoms with E-state index in [0.29, 0.717) is 32.4 Å². The van der Waals surface area contributed by atoms with Crippen LogP contribution in [0.4, 0.5) is 4.39 Å². The zero-order chi connectivity index (χ0) is 23.8. The molecule has 0 N–H and O–H groups in total. The molecule has 0 saturated carbocycles. The molecule has 0 bridgehead atoms. The molecule has 3 aromatic carbocycles. The Labute approximate surface area is 197 Å². The first-order valence-electron chi connectivity index (χ1n) is 10.9. The maximum absolute atomic E-state index is 13.9. The van der Waals surface area contributed by atoms with Gasteiger partial charge in [-0.15, -0.1) is 0 Å². The van der Waals surface area contributed by atoms with Crippen molar-refractivity contribution in [3.63, 3.8) is 0 Å². The van der Waals surface area contributed by atoms with Crippen molar-refractivity contribution in [1.82, 2.24) is 0 Å². The van der Waals surface area contributed by atoms with Crippen LogP contribution in [-0.2, 0) is 11.8 Å². The Balaban J connectivity index is 2.09. The van der Waals surface area contributed by atoms with Crippen molar-refractivity contribution in [3.8, 4) is 17.2 Å². The summed E-state index contributed by atoms with van der Waals surface area (Å²) in [4.78, 5) is 4.12. The van der Waals surface area contributed by atoms with Gasteiger partial charge in [-0.1, -0.05) is 58.8 Å². The predicted octanol–water partition coefficient (Wildman–Crippen LogP) is 6.10. The highest BCUT2D eigenvalue weighted by molar-refractivity contribution is 7.48. The molecule has 0 aliphatic rings. The smallest absolute Gasteiger partial charge is 0.166 e. The molecule has 2 unspecified atom stereocenters. The molecule has 0 spiro atoms. The van der Waals surface area contributed by atoms with Crippen LogP contribution in [0.3, 0.4) is 0 Å². The van der Waals surface area contributed by atoms with Gasteiger partial charge in [0.1, 0.15) is 18.2 Å². The second-order valence-corrected chi connectivity index (χ2v) is 9.80. The summed E-state index contributed by atoms with van der Waals surface area (Å²) in [6, 6.07) is 18.8. The minimum absolute atomic E-state index is 0.272. The Morgan fingerprint density at radius 3 is 2.42 bits per heavy atom. The molecule has 2 atom stereocenters. The molecule has 0 amide bonds. The molecule has 174 valence electrons. The molecule has 0 saturated heterocycles. The normalized spacial score (nSPS) is 13.4. The summed E-state index contributed by atoms with van der Waals surface area (Å²) in [6.07, 6.45) is 2.55. The highest BCUT2D eigenvalue weighted by Crippen LogP contribution is 2.51. The minimum Gasteiger partial charge on any atom is -0.497 e. The lowest BCUT2D eigenvalue weighted by atomic mass is 9.95. The molecular weight excluding hydrogens is 436 g/mol. The first kappa shape index (κ1) is 24.7. The van der Waals surface area contributed by atoms with Crippen molar-refractivity contribution in [1.29, 1.82) is 0 Å². The van der Waals surface area contributed by atoms with E-state index in [1.165, 1.54) is 12.1 Å². The van der Waals surface area contributed by atoms with Crippen LogP contribution in [0.15, 0.2) is 65.7 Å². The van der Waals surface area contributed by atoms with Crippen LogP contribution >= 0.6 is 8.58 Å². The third kappa shape index (κ3) is 5.91. The van der Waals surface area contributed by atoms with Gasteiger partial charge in [-0.3, -0.25) is 4.99 Å². The number of benzene rings is 3. The lowest BCUT2D eigenvalue weighted by Gasteiger charge is -2.32. The van der Waals surface area contributed by atoms with Crippen LogP contribution < -0.4 is 19.5 Å². The summed E-state index contributed by atoms with van der Waals surface area (Å²) in [5.74, 6) is 1.76. The van der Waals surface area contributed by atoms with Gasteiger partial charge in [-0.25, -0.2) is 4.39 Å². The van der Waals surface area contributed by atoms with Crippen molar-refractivity contribution in [2.45, 2.75) is 32.0 Å².